The van der Waals surface area contributed by atoms with Crippen LogP contribution in [0.5, 0.6) is 0 Å². The van der Waals surface area contributed by atoms with Gasteiger partial charge in [-0.1, -0.05) is 26.7 Å². The van der Waals surface area contributed by atoms with Gasteiger partial charge >= 0.3 is 0 Å². The third-order valence-corrected chi connectivity index (χ3v) is 6.29. The topological polar surface area (TPSA) is 87.4 Å². The van der Waals surface area contributed by atoms with Crippen molar-refractivity contribution in [1.82, 2.24) is 19.6 Å². The van der Waals surface area contributed by atoms with Gasteiger partial charge in [-0.15, -0.1) is 0 Å². The van der Waals surface area contributed by atoms with Crippen LogP contribution in [0.25, 0.3) is 0 Å². The van der Waals surface area contributed by atoms with E-state index in [1.165, 1.54) is 24.4 Å². The molecule has 2 heterocycles. The number of anilines is 2. The van der Waals surface area contributed by atoms with Gasteiger partial charge < -0.3 is 16.0 Å². The molecule has 1 aromatic heterocycles. The third kappa shape index (κ3) is 4.16. The molecular formula is C16H28N6OS. The van der Waals surface area contributed by atoms with E-state index in [4.69, 9.17) is 5.73 Å². The molecule has 0 aromatic carbocycles. The highest BCUT2D eigenvalue weighted by molar-refractivity contribution is 7.09. The molecule has 0 bridgehead atoms. The van der Waals surface area contributed by atoms with Crippen LogP contribution in [0.1, 0.15) is 33.1 Å². The van der Waals surface area contributed by atoms with Crippen LogP contribution in [0.2, 0.25) is 0 Å². The van der Waals surface area contributed by atoms with Crippen molar-refractivity contribution >= 4 is 28.5 Å². The standard InChI is InChI=1S/C16H28N6OS/c1-11-4-3-5-13(12(11)2)18-14(23)10-21-6-8-22(9-7-21)16-19-15(17)20-24-16/h11-13H,3-10H2,1-2H3,(H2,17,20)(H,18,23)/t11-,12-,13+/m1/s1. The number of nitrogens with one attached hydrogen (secondary N) is 1. The minimum Gasteiger partial charge on any atom is -0.367 e. The number of carbonyl (C=O) groups excluding carboxylic acids is 1. The zero-order valence-electron chi connectivity index (χ0n) is 14.6. The molecule has 2 aliphatic rings. The van der Waals surface area contributed by atoms with Gasteiger partial charge in [-0.25, -0.2) is 0 Å². The number of nitrogens with two attached hydrogens (primary N) is 1. The summed E-state index contributed by atoms with van der Waals surface area (Å²) in [7, 11) is 0. The second kappa shape index (κ2) is 7.65. The number of nitrogen functional groups attached to an aromatic ring is 1. The molecule has 0 radical (unpaired) electrons. The number of aromatic nitrogens is 2. The monoisotopic (exact) mass is 352 g/mol. The van der Waals surface area contributed by atoms with E-state index in [2.05, 4.69) is 38.3 Å². The van der Waals surface area contributed by atoms with Crippen LogP contribution in [-0.4, -0.2) is 58.9 Å². The second-order valence-electron chi connectivity index (χ2n) is 7.14. The average molecular weight is 353 g/mol. The number of piperazine rings is 1. The maximum Gasteiger partial charge on any atom is 0.234 e. The number of rotatable bonds is 4. The van der Waals surface area contributed by atoms with E-state index in [0.29, 0.717) is 30.4 Å². The van der Waals surface area contributed by atoms with E-state index in [0.717, 1.165) is 37.7 Å². The molecule has 1 aromatic rings. The van der Waals surface area contributed by atoms with Gasteiger partial charge in [0.05, 0.1) is 6.54 Å². The Hall–Kier alpha value is -1.41. The molecule has 8 heteroatoms. The fourth-order valence-electron chi connectivity index (χ4n) is 3.69. The molecule has 7 nitrogen and oxygen atoms in total. The van der Waals surface area contributed by atoms with Crippen LogP contribution in [0.15, 0.2) is 0 Å². The second-order valence-corrected chi connectivity index (χ2v) is 7.87. The van der Waals surface area contributed by atoms with Crippen molar-refractivity contribution in [3.05, 3.63) is 0 Å². The van der Waals surface area contributed by atoms with Crippen molar-refractivity contribution in [2.45, 2.75) is 39.2 Å². The van der Waals surface area contributed by atoms with Crippen molar-refractivity contribution < 1.29 is 4.79 Å². The molecule has 3 rings (SSSR count). The summed E-state index contributed by atoms with van der Waals surface area (Å²) < 4.78 is 4.03. The van der Waals surface area contributed by atoms with E-state index < -0.39 is 0 Å². The Morgan fingerprint density at radius 1 is 1.29 bits per heavy atom. The summed E-state index contributed by atoms with van der Waals surface area (Å²) in [5, 5.41) is 4.14. The number of carbonyl (C=O) groups is 1. The Labute approximate surface area is 147 Å². The predicted octanol–water partition coefficient (Wildman–Crippen LogP) is 1.18. The summed E-state index contributed by atoms with van der Waals surface area (Å²) in [5.41, 5.74) is 5.59. The van der Waals surface area contributed by atoms with Crippen molar-refractivity contribution in [2.24, 2.45) is 11.8 Å². The smallest absolute Gasteiger partial charge is 0.234 e. The Morgan fingerprint density at radius 2 is 2.04 bits per heavy atom. The number of amides is 1. The molecule has 1 amide bonds. The SMILES string of the molecule is C[C@@H]1[C@H](C)CCC[C@@H]1NC(=O)CN1CCN(c2nc(N)ns2)CC1. The predicted molar refractivity (Wildman–Crippen MR) is 97.1 cm³/mol. The molecule has 1 saturated carbocycles. The van der Waals surface area contributed by atoms with Crippen LogP contribution in [-0.2, 0) is 4.79 Å². The number of nitrogens with zero attached hydrogens (tertiary/aromatic N) is 4. The first-order valence-corrected chi connectivity index (χ1v) is 9.66. The molecule has 134 valence electrons. The zero-order valence-corrected chi connectivity index (χ0v) is 15.4. The molecule has 1 aliphatic carbocycles. The van der Waals surface area contributed by atoms with Crippen LogP contribution in [0, 0.1) is 11.8 Å². The first-order chi connectivity index (χ1) is 11.5. The van der Waals surface area contributed by atoms with E-state index in [1.54, 1.807) is 0 Å². The van der Waals surface area contributed by atoms with Crippen LogP contribution >= 0.6 is 11.5 Å². The fraction of sp³-hybridized carbons (Fsp3) is 0.812. The molecule has 1 saturated heterocycles. The minimum absolute atomic E-state index is 0.162. The van der Waals surface area contributed by atoms with Crippen molar-refractivity contribution in [3.63, 3.8) is 0 Å². The van der Waals surface area contributed by atoms with E-state index in [-0.39, 0.29) is 5.91 Å². The van der Waals surface area contributed by atoms with Gasteiger partial charge in [-0.05, 0) is 18.3 Å². The van der Waals surface area contributed by atoms with Crippen molar-refractivity contribution in [1.29, 1.82) is 0 Å². The van der Waals surface area contributed by atoms with E-state index >= 15 is 0 Å². The highest BCUT2D eigenvalue weighted by atomic mass is 32.1. The summed E-state index contributed by atoms with van der Waals surface area (Å²) in [6, 6.07) is 0.340. The number of hydrogen-bond donors (Lipinski definition) is 2. The van der Waals surface area contributed by atoms with E-state index in [9.17, 15) is 4.79 Å². The lowest BCUT2D eigenvalue weighted by Gasteiger charge is -2.36. The van der Waals surface area contributed by atoms with Crippen LogP contribution in [0.4, 0.5) is 11.1 Å². The van der Waals surface area contributed by atoms with Gasteiger partial charge in [0, 0.05) is 43.8 Å². The summed E-state index contributed by atoms with van der Waals surface area (Å²) in [5.74, 6) is 1.77. The first kappa shape index (κ1) is 17.4. The van der Waals surface area contributed by atoms with Gasteiger partial charge in [0.2, 0.25) is 17.0 Å². The van der Waals surface area contributed by atoms with Crippen LogP contribution < -0.4 is 16.0 Å². The lowest BCUT2D eigenvalue weighted by Crippen LogP contribution is -2.52. The molecule has 24 heavy (non-hydrogen) atoms. The lowest BCUT2D eigenvalue weighted by molar-refractivity contribution is -0.123. The fourth-order valence-corrected chi connectivity index (χ4v) is 4.34. The quantitative estimate of drug-likeness (QED) is 0.846. The Balaban J connectivity index is 1.43. The van der Waals surface area contributed by atoms with Gasteiger partial charge in [0.25, 0.3) is 0 Å². The van der Waals surface area contributed by atoms with Crippen molar-refractivity contribution in [2.75, 3.05) is 43.4 Å². The maximum atomic E-state index is 12.4. The van der Waals surface area contributed by atoms with Gasteiger partial charge in [-0.2, -0.15) is 9.36 Å². The summed E-state index contributed by atoms with van der Waals surface area (Å²) in [6.45, 7) is 8.50. The highest BCUT2D eigenvalue weighted by Gasteiger charge is 2.29. The Kier molecular flexibility index (Phi) is 5.55. The first-order valence-electron chi connectivity index (χ1n) is 8.89. The molecular weight excluding hydrogens is 324 g/mol. The molecule has 0 unspecified atom stereocenters. The Bertz CT molecular complexity index is 557. The summed E-state index contributed by atoms with van der Waals surface area (Å²) >= 11 is 1.34. The summed E-state index contributed by atoms with van der Waals surface area (Å²) in [4.78, 5) is 21.0. The van der Waals surface area contributed by atoms with Gasteiger partial charge in [0.15, 0.2) is 0 Å². The maximum absolute atomic E-state index is 12.4. The largest absolute Gasteiger partial charge is 0.367 e. The van der Waals surface area contributed by atoms with Crippen molar-refractivity contribution in [3.8, 4) is 0 Å². The summed E-state index contributed by atoms with van der Waals surface area (Å²) in [6.07, 6.45) is 3.62. The highest BCUT2D eigenvalue weighted by Crippen LogP contribution is 2.29. The van der Waals surface area contributed by atoms with E-state index in [1.807, 2.05) is 0 Å². The van der Waals surface area contributed by atoms with Crippen LogP contribution in [0.3, 0.4) is 0 Å². The molecule has 1 aliphatic heterocycles. The zero-order chi connectivity index (χ0) is 17.1. The minimum atomic E-state index is 0.162. The average Bonchev–Trinajstić information content (AvgIpc) is 2.99. The lowest BCUT2D eigenvalue weighted by atomic mass is 9.78. The van der Waals surface area contributed by atoms with Gasteiger partial charge in [-0.3, -0.25) is 9.69 Å². The molecule has 3 N–H and O–H groups in total. The Morgan fingerprint density at radius 3 is 2.71 bits per heavy atom. The third-order valence-electron chi connectivity index (χ3n) is 5.49. The number of hydrogen-bond acceptors (Lipinski definition) is 7. The molecule has 0 spiro atoms. The van der Waals surface area contributed by atoms with Gasteiger partial charge in [0.1, 0.15) is 0 Å². The molecule has 2 fully saturated rings. The molecule has 3 atom stereocenters. The normalized spacial score (nSPS) is 28.8.